The topological polar surface area (TPSA) is 62.7 Å². The molecular weight excluding hydrogens is 458 g/mol. The summed E-state index contributed by atoms with van der Waals surface area (Å²) < 4.78 is 0. The Balaban J connectivity index is 1.71. The molecule has 3 rings (SSSR count). The van der Waals surface area contributed by atoms with Crippen molar-refractivity contribution in [2.75, 3.05) is 11.9 Å². The number of hydrogen-bond acceptors (Lipinski definition) is 3. The van der Waals surface area contributed by atoms with Crippen LogP contribution in [-0.2, 0) is 16.9 Å². The number of rotatable bonds is 9. The van der Waals surface area contributed by atoms with Gasteiger partial charge in [-0.1, -0.05) is 126 Å². The second-order valence-corrected chi connectivity index (χ2v) is 11.1. The molecule has 0 aliphatic rings. The van der Waals surface area contributed by atoms with Gasteiger partial charge < -0.3 is 15.5 Å². The molecule has 0 bridgehead atoms. The smallest absolute Gasteiger partial charge is 0.319 e. The maximum atomic E-state index is 13.0. The highest BCUT2D eigenvalue weighted by atomic mass is 16.6. The van der Waals surface area contributed by atoms with Crippen molar-refractivity contribution in [2.24, 2.45) is 5.16 Å². The molecule has 2 N–H and O–H groups in total. The summed E-state index contributed by atoms with van der Waals surface area (Å²) in [5.41, 5.74) is 7.12. The number of para-hydroxylation sites is 1. The van der Waals surface area contributed by atoms with Crippen molar-refractivity contribution in [3.05, 3.63) is 101 Å². The summed E-state index contributed by atoms with van der Waals surface area (Å²) in [6.07, 6.45) is 0. The Morgan fingerprint density at radius 3 is 1.97 bits per heavy atom. The highest BCUT2D eigenvalue weighted by Gasteiger charge is 2.17. The van der Waals surface area contributed by atoms with Crippen molar-refractivity contribution >= 4 is 17.4 Å². The van der Waals surface area contributed by atoms with E-state index in [1.807, 2.05) is 30.3 Å². The molecular formula is C32H41N3O2. The van der Waals surface area contributed by atoms with Crippen LogP contribution < -0.4 is 10.6 Å². The second kappa shape index (κ2) is 12.6. The van der Waals surface area contributed by atoms with Gasteiger partial charge in [0, 0.05) is 11.3 Å². The largest absolute Gasteiger partial charge is 0.391 e. The van der Waals surface area contributed by atoms with Crippen molar-refractivity contribution in [1.82, 2.24) is 5.32 Å². The molecule has 2 amide bonds. The van der Waals surface area contributed by atoms with E-state index in [4.69, 9.17) is 4.84 Å². The fraction of sp³-hybridized carbons (Fsp3) is 0.375. The van der Waals surface area contributed by atoms with Crippen LogP contribution in [0.15, 0.2) is 78.0 Å². The molecule has 0 spiro atoms. The molecule has 0 aliphatic carbocycles. The Hall–Kier alpha value is -3.60. The second-order valence-electron chi connectivity index (χ2n) is 11.1. The number of nitrogens with zero attached hydrogens (tertiary/aromatic N) is 1. The minimum absolute atomic E-state index is 0.107. The first kappa shape index (κ1) is 28.0. The van der Waals surface area contributed by atoms with Gasteiger partial charge in [-0.25, -0.2) is 4.79 Å². The summed E-state index contributed by atoms with van der Waals surface area (Å²) in [6.45, 7) is 15.7. The molecule has 196 valence electrons. The molecule has 0 saturated carbocycles. The molecule has 0 aromatic heterocycles. The van der Waals surface area contributed by atoms with Gasteiger partial charge in [0.05, 0.1) is 6.54 Å². The SMILES string of the molecule is CC(C)c1cccc(C(C)C)c1NC(=O)NC/C(=N\OCc1ccc(C(C)(C)C)cc1)c1ccccc1. The van der Waals surface area contributed by atoms with Crippen LogP contribution in [0.2, 0.25) is 0 Å². The van der Waals surface area contributed by atoms with Crippen LogP contribution >= 0.6 is 0 Å². The number of nitrogens with one attached hydrogen (secondary N) is 2. The summed E-state index contributed by atoms with van der Waals surface area (Å²) in [5.74, 6) is 0.586. The van der Waals surface area contributed by atoms with Gasteiger partial charge in [0.2, 0.25) is 0 Å². The Bertz CT molecular complexity index is 1160. The molecule has 5 heteroatoms. The van der Waals surface area contributed by atoms with Crippen molar-refractivity contribution in [3.63, 3.8) is 0 Å². The Morgan fingerprint density at radius 1 is 0.838 bits per heavy atom. The number of amides is 2. The summed E-state index contributed by atoms with van der Waals surface area (Å²) in [5, 5.41) is 10.5. The predicted molar refractivity (Wildman–Crippen MR) is 155 cm³/mol. The average molecular weight is 500 g/mol. The summed E-state index contributed by atoms with van der Waals surface area (Å²) >= 11 is 0. The van der Waals surface area contributed by atoms with E-state index in [2.05, 4.69) is 107 Å². The van der Waals surface area contributed by atoms with E-state index >= 15 is 0 Å². The zero-order valence-corrected chi connectivity index (χ0v) is 23.3. The van der Waals surface area contributed by atoms with Gasteiger partial charge in [-0.2, -0.15) is 0 Å². The first-order valence-corrected chi connectivity index (χ1v) is 13.1. The van der Waals surface area contributed by atoms with Crippen LogP contribution in [0.5, 0.6) is 0 Å². The summed E-state index contributed by atoms with van der Waals surface area (Å²) in [4.78, 5) is 18.7. The predicted octanol–water partition coefficient (Wildman–Crippen LogP) is 7.97. The summed E-state index contributed by atoms with van der Waals surface area (Å²) in [6, 6.07) is 24.1. The van der Waals surface area contributed by atoms with E-state index in [0.717, 1.165) is 27.9 Å². The number of hydrogen-bond donors (Lipinski definition) is 2. The van der Waals surface area contributed by atoms with Crippen molar-refractivity contribution in [1.29, 1.82) is 0 Å². The van der Waals surface area contributed by atoms with Gasteiger partial charge >= 0.3 is 6.03 Å². The van der Waals surface area contributed by atoms with E-state index < -0.39 is 0 Å². The zero-order valence-electron chi connectivity index (χ0n) is 23.3. The third-order valence-electron chi connectivity index (χ3n) is 6.36. The molecule has 0 saturated heterocycles. The van der Waals surface area contributed by atoms with Gasteiger partial charge in [0.15, 0.2) is 0 Å². The maximum absolute atomic E-state index is 13.0. The summed E-state index contributed by atoms with van der Waals surface area (Å²) in [7, 11) is 0. The van der Waals surface area contributed by atoms with Gasteiger partial charge in [-0.3, -0.25) is 0 Å². The third-order valence-corrected chi connectivity index (χ3v) is 6.36. The van der Waals surface area contributed by atoms with E-state index in [1.165, 1.54) is 5.56 Å². The lowest BCUT2D eigenvalue weighted by atomic mass is 9.87. The van der Waals surface area contributed by atoms with Crippen LogP contribution in [0.25, 0.3) is 0 Å². The van der Waals surface area contributed by atoms with Crippen molar-refractivity contribution in [2.45, 2.75) is 72.3 Å². The molecule has 0 fully saturated rings. The monoisotopic (exact) mass is 499 g/mol. The third kappa shape index (κ3) is 7.94. The first-order valence-electron chi connectivity index (χ1n) is 13.1. The zero-order chi connectivity index (χ0) is 27.0. The van der Waals surface area contributed by atoms with E-state index in [1.54, 1.807) is 0 Å². The lowest BCUT2D eigenvalue weighted by Crippen LogP contribution is -2.34. The Kier molecular flexibility index (Phi) is 9.51. The molecule has 37 heavy (non-hydrogen) atoms. The van der Waals surface area contributed by atoms with Gasteiger partial charge in [0.25, 0.3) is 0 Å². The van der Waals surface area contributed by atoms with E-state index in [-0.39, 0.29) is 18.0 Å². The van der Waals surface area contributed by atoms with Crippen LogP contribution in [-0.4, -0.2) is 18.3 Å². The minimum Gasteiger partial charge on any atom is -0.391 e. The highest BCUT2D eigenvalue weighted by molar-refractivity contribution is 6.04. The van der Waals surface area contributed by atoms with Crippen LogP contribution in [0.3, 0.4) is 0 Å². The van der Waals surface area contributed by atoms with Crippen LogP contribution in [0.4, 0.5) is 10.5 Å². The molecule has 0 heterocycles. The molecule has 0 radical (unpaired) electrons. The van der Waals surface area contributed by atoms with Crippen LogP contribution in [0.1, 0.15) is 88.1 Å². The van der Waals surface area contributed by atoms with Gasteiger partial charge in [-0.15, -0.1) is 0 Å². The fourth-order valence-electron chi connectivity index (χ4n) is 4.12. The fourth-order valence-corrected chi connectivity index (χ4v) is 4.12. The number of carbonyl (C=O) groups excluding carboxylic acids is 1. The molecule has 3 aromatic carbocycles. The van der Waals surface area contributed by atoms with Gasteiger partial charge in [0.1, 0.15) is 12.3 Å². The Morgan fingerprint density at radius 2 is 1.43 bits per heavy atom. The lowest BCUT2D eigenvalue weighted by molar-refractivity contribution is 0.130. The quantitative estimate of drug-likeness (QED) is 0.232. The first-order chi connectivity index (χ1) is 17.6. The van der Waals surface area contributed by atoms with Crippen molar-refractivity contribution in [3.8, 4) is 0 Å². The van der Waals surface area contributed by atoms with E-state index in [0.29, 0.717) is 24.2 Å². The Labute approximate surface area is 222 Å². The minimum atomic E-state index is -0.267. The standard InChI is InChI=1S/C32H41N3O2/c1-22(2)27-14-11-15-28(23(3)4)30(27)34-31(36)33-20-29(25-12-9-8-10-13-25)35-37-21-24-16-18-26(19-17-24)32(5,6)7/h8-19,22-23H,20-21H2,1-7H3,(H2,33,34,36)/b35-29+. The highest BCUT2D eigenvalue weighted by Crippen LogP contribution is 2.32. The van der Waals surface area contributed by atoms with E-state index in [9.17, 15) is 4.79 Å². The molecule has 0 atom stereocenters. The van der Waals surface area contributed by atoms with Crippen LogP contribution in [0, 0.1) is 0 Å². The number of oxime groups is 1. The normalized spacial score (nSPS) is 12.1. The van der Waals surface area contributed by atoms with Crippen molar-refractivity contribution < 1.29 is 9.63 Å². The molecule has 3 aromatic rings. The maximum Gasteiger partial charge on any atom is 0.319 e. The average Bonchev–Trinajstić information content (AvgIpc) is 2.86. The molecule has 0 aliphatic heterocycles. The number of carbonyl (C=O) groups is 1. The molecule has 0 unspecified atom stereocenters. The number of anilines is 1. The number of urea groups is 1. The number of benzene rings is 3. The van der Waals surface area contributed by atoms with Gasteiger partial charge in [-0.05, 0) is 39.5 Å². The molecule has 5 nitrogen and oxygen atoms in total. The lowest BCUT2D eigenvalue weighted by Gasteiger charge is -2.20.